The zero-order valence-corrected chi connectivity index (χ0v) is 16.6. The number of benzene rings is 1. The third-order valence-electron chi connectivity index (χ3n) is 5.29. The number of anilines is 2. The Hall–Kier alpha value is -3.84. The lowest BCUT2D eigenvalue weighted by Crippen LogP contribution is -2.41. The normalized spacial score (nSPS) is 19.0. The highest BCUT2D eigenvalue weighted by Crippen LogP contribution is 2.30. The number of nitrogens with zero attached hydrogens (tertiary/aromatic N) is 6. The van der Waals surface area contributed by atoms with Crippen LogP contribution in [0, 0.1) is 23.1 Å². The molecule has 31 heavy (non-hydrogen) atoms. The van der Waals surface area contributed by atoms with Gasteiger partial charge in [0.1, 0.15) is 11.4 Å². The molecule has 1 aliphatic heterocycles. The van der Waals surface area contributed by atoms with E-state index in [4.69, 9.17) is 5.73 Å². The molecule has 1 saturated heterocycles. The fourth-order valence-electron chi connectivity index (χ4n) is 3.71. The number of primary amides is 1. The second-order valence-corrected chi connectivity index (χ2v) is 7.41. The van der Waals surface area contributed by atoms with Crippen molar-refractivity contribution >= 4 is 17.4 Å². The summed E-state index contributed by atoms with van der Waals surface area (Å²) in [6.45, 7) is 1.91. The standard InChI is InChI=1S/C21H21FN8O/c22-15-3-5-16(6-4-15)26-21-18(20(24)31)12-30(28-21)19-13-29(9-7-14(19)10-23)11-17-2-1-8-25-27-17/h1-6,8,12,14,19H,7,9,11,13H2,(H2,24,31)(H,26,28). The van der Waals surface area contributed by atoms with Crippen molar-refractivity contribution in [3.05, 3.63) is 65.9 Å². The Labute approximate surface area is 178 Å². The maximum atomic E-state index is 13.2. The molecule has 3 heterocycles. The number of nitrogens with two attached hydrogens (primary N) is 1. The molecule has 158 valence electrons. The van der Waals surface area contributed by atoms with E-state index in [1.165, 1.54) is 12.1 Å². The number of aromatic nitrogens is 4. The summed E-state index contributed by atoms with van der Waals surface area (Å²) in [5, 5.41) is 25.2. The minimum Gasteiger partial charge on any atom is -0.365 e. The van der Waals surface area contributed by atoms with Gasteiger partial charge in [0.2, 0.25) is 0 Å². The van der Waals surface area contributed by atoms with Gasteiger partial charge in [-0.2, -0.15) is 20.6 Å². The highest BCUT2D eigenvalue weighted by atomic mass is 19.1. The van der Waals surface area contributed by atoms with Gasteiger partial charge in [-0.05, 0) is 49.4 Å². The van der Waals surface area contributed by atoms with E-state index in [0.29, 0.717) is 25.2 Å². The minimum absolute atomic E-state index is 0.201. The lowest BCUT2D eigenvalue weighted by atomic mass is 9.93. The molecule has 1 aliphatic rings. The molecule has 0 bridgehead atoms. The fraction of sp³-hybridized carbons (Fsp3) is 0.286. The van der Waals surface area contributed by atoms with E-state index in [2.05, 4.69) is 31.6 Å². The Morgan fingerprint density at radius 1 is 1.32 bits per heavy atom. The van der Waals surface area contributed by atoms with Gasteiger partial charge in [0.25, 0.3) is 5.91 Å². The van der Waals surface area contributed by atoms with Gasteiger partial charge in [0.15, 0.2) is 5.82 Å². The molecule has 0 aliphatic carbocycles. The quantitative estimate of drug-likeness (QED) is 0.626. The van der Waals surface area contributed by atoms with Crippen LogP contribution in [0.25, 0.3) is 0 Å². The molecular formula is C21H21FN8O. The van der Waals surface area contributed by atoms with E-state index in [0.717, 1.165) is 12.2 Å². The number of amides is 1. The summed E-state index contributed by atoms with van der Waals surface area (Å²) in [7, 11) is 0. The van der Waals surface area contributed by atoms with Crippen molar-refractivity contribution in [2.75, 3.05) is 18.4 Å². The smallest absolute Gasteiger partial charge is 0.254 e. The average molecular weight is 420 g/mol. The van der Waals surface area contributed by atoms with Crippen molar-refractivity contribution in [3.63, 3.8) is 0 Å². The van der Waals surface area contributed by atoms with E-state index >= 15 is 0 Å². The van der Waals surface area contributed by atoms with Crippen LogP contribution in [0.1, 0.15) is 28.5 Å². The van der Waals surface area contributed by atoms with Crippen molar-refractivity contribution in [3.8, 4) is 6.07 Å². The van der Waals surface area contributed by atoms with Crippen molar-refractivity contribution in [2.45, 2.75) is 19.0 Å². The van der Waals surface area contributed by atoms with Gasteiger partial charge in [0.05, 0.1) is 23.7 Å². The Morgan fingerprint density at radius 3 is 2.81 bits per heavy atom. The first-order chi connectivity index (χ1) is 15.0. The summed E-state index contributed by atoms with van der Waals surface area (Å²) in [4.78, 5) is 14.2. The molecule has 4 rings (SSSR count). The molecule has 2 unspecified atom stereocenters. The van der Waals surface area contributed by atoms with Crippen molar-refractivity contribution in [1.29, 1.82) is 5.26 Å². The van der Waals surface area contributed by atoms with Crippen LogP contribution in [-0.2, 0) is 6.54 Å². The molecule has 10 heteroatoms. The zero-order valence-electron chi connectivity index (χ0n) is 16.6. The maximum absolute atomic E-state index is 13.2. The molecule has 1 amide bonds. The highest BCUT2D eigenvalue weighted by Gasteiger charge is 2.32. The molecule has 0 radical (unpaired) electrons. The monoisotopic (exact) mass is 420 g/mol. The Kier molecular flexibility index (Phi) is 5.86. The van der Waals surface area contributed by atoms with Crippen molar-refractivity contribution in [2.24, 2.45) is 11.7 Å². The summed E-state index contributed by atoms with van der Waals surface area (Å²) < 4.78 is 14.8. The summed E-state index contributed by atoms with van der Waals surface area (Å²) >= 11 is 0. The molecule has 9 nitrogen and oxygen atoms in total. The molecular weight excluding hydrogens is 399 g/mol. The number of rotatable bonds is 6. The van der Waals surface area contributed by atoms with Crippen LogP contribution in [0.5, 0.6) is 0 Å². The van der Waals surface area contributed by atoms with E-state index in [-0.39, 0.29) is 29.2 Å². The molecule has 1 fully saturated rings. The van der Waals surface area contributed by atoms with Gasteiger partial charge >= 0.3 is 0 Å². The number of carbonyl (C=O) groups excluding carboxylic acids is 1. The Morgan fingerprint density at radius 2 is 2.13 bits per heavy atom. The molecule has 2 aromatic heterocycles. The number of hydrogen-bond acceptors (Lipinski definition) is 7. The molecule has 3 N–H and O–H groups in total. The number of nitriles is 1. The van der Waals surface area contributed by atoms with Gasteiger partial charge in [-0.3, -0.25) is 14.4 Å². The second kappa shape index (κ2) is 8.89. The fourth-order valence-corrected chi connectivity index (χ4v) is 3.71. The first-order valence-electron chi connectivity index (χ1n) is 9.83. The Balaban J connectivity index is 1.59. The number of halogens is 1. The number of likely N-dealkylation sites (tertiary alicyclic amines) is 1. The minimum atomic E-state index is -0.642. The largest absolute Gasteiger partial charge is 0.365 e. The SMILES string of the molecule is N#CC1CCN(Cc2cccnn2)CC1n1cc(C(N)=O)c(Nc2ccc(F)cc2)n1. The van der Waals surface area contributed by atoms with Gasteiger partial charge < -0.3 is 11.1 Å². The molecule has 0 saturated carbocycles. The highest BCUT2D eigenvalue weighted by molar-refractivity contribution is 5.98. The van der Waals surface area contributed by atoms with Crippen LogP contribution in [0.3, 0.4) is 0 Å². The molecule has 2 atom stereocenters. The summed E-state index contributed by atoms with van der Waals surface area (Å²) in [5.74, 6) is -1.01. The summed E-state index contributed by atoms with van der Waals surface area (Å²) in [5.41, 5.74) is 7.16. The third kappa shape index (κ3) is 4.67. The maximum Gasteiger partial charge on any atom is 0.254 e. The van der Waals surface area contributed by atoms with E-state index in [9.17, 15) is 14.4 Å². The predicted octanol–water partition coefficient (Wildman–Crippen LogP) is 2.24. The predicted molar refractivity (Wildman–Crippen MR) is 110 cm³/mol. The summed E-state index contributed by atoms with van der Waals surface area (Å²) in [6, 6.07) is 11.5. The van der Waals surface area contributed by atoms with Gasteiger partial charge in [-0.1, -0.05) is 0 Å². The first kappa shape index (κ1) is 20.4. The topological polar surface area (TPSA) is 126 Å². The van der Waals surface area contributed by atoms with Crippen molar-refractivity contribution in [1.82, 2.24) is 24.9 Å². The van der Waals surface area contributed by atoms with E-state index in [1.54, 1.807) is 29.2 Å². The van der Waals surface area contributed by atoms with Crippen molar-refractivity contribution < 1.29 is 9.18 Å². The van der Waals surface area contributed by atoms with Crippen LogP contribution in [-0.4, -0.2) is 43.9 Å². The lowest BCUT2D eigenvalue weighted by Gasteiger charge is -2.35. The van der Waals surface area contributed by atoms with Crippen LogP contribution < -0.4 is 11.1 Å². The van der Waals surface area contributed by atoms with Crippen LogP contribution in [0.15, 0.2) is 48.8 Å². The molecule has 0 spiro atoms. The van der Waals surface area contributed by atoms with Gasteiger partial charge in [0, 0.05) is 31.2 Å². The van der Waals surface area contributed by atoms with E-state index < -0.39 is 5.91 Å². The number of nitrogens with one attached hydrogen (secondary N) is 1. The van der Waals surface area contributed by atoms with Gasteiger partial charge in [-0.15, -0.1) is 0 Å². The zero-order chi connectivity index (χ0) is 21.8. The van der Waals surface area contributed by atoms with Crippen LogP contribution in [0.2, 0.25) is 0 Å². The lowest BCUT2D eigenvalue weighted by molar-refractivity contribution is 0.1000. The number of carbonyl (C=O) groups is 1. The third-order valence-corrected chi connectivity index (χ3v) is 5.29. The molecule has 3 aromatic rings. The molecule has 1 aromatic carbocycles. The average Bonchev–Trinajstić information content (AvgIpc) is 3.20. The summed E-state index contributed by atoms with van der Waals surface area (Å²) in [6.07, 6.45) is 3.85. The van der Waals surface area contributed by atoms with Crippen LogP contribution >= 0.6 is 0 Å². The second-order valence-electron chi connectivity index (χ2n) is 7.41. The Bertz CT molecular complexity index is 1090. The first-order valence-corrected chi connectivity index (χ1v) is 9.83. The van der Waals surface area contributed by atoms with Gasteiger partial charge in [-0.25, -0.2) is 4.39 Å². The van der Waals surface area contributed by atoms with Crippen LogP contribution in [0.4, 0.5) is 15.9 Å². The number of piperidine rings is 1. The van der Waals surface area contributed by atoms with E-state index in [1.807, 2.05) is 12.1 Å². The number of hydrogen-bond donors (Lipinski definition) is 2.